The fraction of sp³-hybridized carbons (Fsp3) is 0.588. The number of anilines is 1. The second kappa shape index (κ2) is 4.05. The molecule has 7 atom stereocenters. The second-order valence-electron chi connectivity index (χ2n) is 7.04. The van der Waals surface area contributed by atoms with Gasteiger partial charge in [-0.1, -0.05) is 18.5 Å². The van der Waals surface area contributed by atoms with Gasteiger partial charge in [-0.2, -0.15) is 0 Å². The van der Waals surface area contributed by atoms with Crippen LogP contribution in [0, 0.1) is 23.7 Å². The quantitative estimate of drug-likeness (QED) is 0.911. The number of ether oxygens (including phenoxy) is 1. The Morgan fingerprint density at radius 2 is 2.09 bits per heavy atom. The van der Waals surface area contributed by atoms with Crippen LogP contribution in [-0.2, 0) is 9.53 Å². The molecule has 5 heteroatoms. The van der Waals surface area contributed by atoms with E-state index in [4.69, 9.17) is 16.3 Å². The van der Waals surface area contributed by atoms with Gasteiger partial charge in [0.05, 0.1) is 18.1 Å². The Kier molecular flexibility index (Phi) is 2.46. The number of hydrogen-bond donors (Lipinski definition) is 1. The Balaban J connectivity index is 1.66. The van der Waals surface area contributed by atoms with Crippen LogP contribution in [0.2, 0.25) is 5.02 Å². The standard InChI is InChI=1S/C17H18ClNO3/c1-2-17-13-11-7-10(14(20)15(11)22-17)12(13)16(21)19(17)9-5-3-8(18)4-6-9/h3-6,10-15,20H,2,7H2,1H3/t10-,11-,12-,13+,14+,15-,17-/m0/s1. The van der Waals surface area contributed by atoms with Crippen molar-refractivity contribution in [2.75, 3.05) is 4.90 Å². The number of halogens is 1. The molecular weight excluding hydrogens is 302 g/mol. The van der Waals surface area contributed by atoms with Crippen molar-refractivity contribution in [1.29, 1.82) is 0 Å². The SMILES string of the molecule is CC[C@]12O[C@@H]3[C@H](O)[C@H]4C[C@H]3[C@@H]1[C@H]4C(=O)N2c1ccc(Cl)cc1. The van der Waals surface area contributed by atoms with Crippen LogP contribution < -0.4 is 4.90 Å². The molecule has 4 fully saturated rings. The summed E-state index contributed by atoms with van der Waals surface area (Å²) in [6.07, 6.45) is 1.10. The first kappa shape index (κ1) is 13.3. The fourth-order valence-electron chi connectivity index (χ4n) is 5.70. The zero-order chi connectivity index (χ0) is 15.2. The van der Waals surface area contributed by atoms with Gasteiger partial charge in [0.15, 0.2) is 5.72 Å². The van der Waals surface area contributed by atoms with E-state index in [1.165, 1.54) is 0 Å². The molecule has 1 amide bonds. The maximum absolute atomic E-state index is 13.1. The van der Waals surface area contributed by atoms with Crippen LogP contribution in [0.15, 0.2) is 24.3 Å². The maximum Gasteiger partial charge on any atom is 0.233 e. The number of carbonyl (C=O) groups excluding carboxylic acids is 1. The first-order valence-electron chi connectivity index (χ1n) is 8.04. The minimum absolute atomic E-state index is 0.0678. The minimum atomic E-state index is -0.586. The van der Waals surface area contributed by atoms with Crippen LogP contribution in [0.25, 0.3) is 0 Å². The number of fused-ring (bicyclic) bond motifs is 2. The Bertz CT molecular complexity index is 662. The first-order valence-corrected chi connectivity index (χ1v) is 8.42. The largest absolute Gasteiger partial charge is 0.390 e. The Hall–Kier alpha value is -1.10. The molecular formula is C17H18ClNO3. The number of aliphatic hydroxyl groups is 1. The van der Waals surface area contributed by atoms with Crippen LogP contribution in [-0.4, -0.2) is 28.9 Å². The molecule has 1 N–H and O–H groups in total. The van der Waals surface area contributed by atoms with E-state index in [0.29, 0.717) is 10.9 Å². The third-order valence-electron chi connectivity index (χ3n) is 6.39. The van der Waals surface area contributed by atoms with Crippen molar-refractivity contribution in [2.45, 2.75) is 37.7 Å². The molecule has 4 nitrogen and oxygen atoms in total. The number of carbonyl (C=O) groups is 1. The molecule has 0 spiro atoms. The highest BCUT2D eigenvalue weighted by molar-refractivity contribution is 6.30. The van der Waals surface area contributed by atoms with Crippen molar-refractivity contribution in [2.24, 2.45) is 23.7 Å². The summed E-state index contributed by atoms with van der Waals surface area (Å²) >= 11 is 5.98. The average Bonchev–Trinajstić information content (AvgIpc) is 3.17. The van der Waals surface area contributed by atoms with E-state index in [2.05, 4.69) is 6.92 Å². The van der Waals surface area contributed by atoms with E-state index in [1.54, 1.807) is 0 Å². The Morgan fingerprint density at radius 3 is 2.77 bits per heavy atom. The smallest absolute Gasteiger partial charge is 0.233 e. The normalized spacial score (nSPS) is 47.8. The van der Waals surface area contributed by atoms with Gasteiger partial charge in [0.25, 0.3) is 0 Å². The van der Waals surface area contributed by atoms with Crippen molar-refractivity contribution in [1.82, 2.24) is 0 Å². The van der Waals surface area contributed by atoms with E-state index < -0.39 is 11.8 Å². The summed E-state index contributed by atoms with van der Waals surface area (Å²) in [4.78, 5) is 15.0. The van der Waals surface area contributed by atoms with Gasteiger partial charge in [-0.3, -0.25) is 9.69 Å². The molecule has 2 saturated heterocycles. The number of nitrogens with zero attached hydrogens (tertiary/aromatic N) is 1. The molecule has 1 aromatic rings. The first-order chi connectivity index (χ1) is 10.6. The summed E-state index contributed by atoms with van der Waals surface area (Å²) in [5, 5.41) is 11.1. The topological polar surface area (TPSA) is 49.8 Å². The van der Waals surface area contributed by atoms with Crippen molar-refractivity contribution in [3.05, 3.63) is 29.3 Å². The zero-order valence-electron chi connectivity index (χ0n) is 12.3. The Labute approximate surface area is 134 Å². The summed E-state index contributed by atoms with van der Waals surface area (Å²) in [6.45, 7) is 2.07. The highest BCUT2D eigenvalue weighted by atomic mass is 35.5. The van der Waals surface area contributed by atoms with Gasteiger partial charge >= 0.3 is 0 Å². The third kappa shape index (κ3) is 1.28. The van der Waals surface area contributed by atoms with E-state index in [1.807, 2.05) is 29.2 Å². The van der Waals surface area contributed by atoms with Gasteiger partial charge in [-0.15, -0.1) is 0 Å². The van der Waals surface area contributed by atoms with Crippen LogP contribution in [0.4, 0.5) is 5.69 Å². The number of aliphatic hydroxyl groups excluding tert-OH is 1. The molecule has 1 aromatic carbocycles. The predicted molar refractivity (Wildman–Crippen MR) is 81.4 cm³/mol. The van der Waals surface area contributed by atoms with Crippen LogP contribution in [0.5, 0.6) is 0 Å². The van der Waals surface area contributed by atoms with E-state index in [9.17, 15) is 9.90 Å². The lowest BCUT2D eigenvalue weighted by atomic mass is 9.76. The molecule has 2 aliphatic carbocycles. The molecule has 0 radical (unpaired) electrons. The predicted octanol–water partition coefficient (Wildman–Crippen LogP) is 2.43. The summed E-state index contributed by atoms with van der Waals surface area (Å²) in [5.41, 5.74) is 0.261. The van der Waals surface area contributed by atoms with Crippen LogP contribution in [0.1, 0.15) is 19.8 Å². The number of hydrogen-bond acceptors (Lipinski definition) is 3. The highest BCUT2D eigenvalue weighted by Gasteiger charge is 2.77. The monoisotopic (exact) mass is 319 g/mol. The molecule has 116 valence electrons. The number of benzene rings is 1. The second-order valence-corrected chi connectivity index (χ2v) is 7.47. The van der Waals surface area contributed by atoms with Gasteiger partial charge in [0.1, 0.15) is 0 Å². The van der Waals surface area contributed by atoms with Gasteiger partial charge in [0.2, 0.25) is 5.91 Å². The maximum atomic E-state index is 13.1. The van der Waals surface area contributed by atoms with Crippen molar-refractivity contribution >= 4 is 23.2 Å². The van der Waals surface area contributed by atoms with Crippen molar-refractivity contribution < 1.29 is 14.6 Å². The van der Waals surface area contributed by atoms with E-state index in [-0.39, 0.29) is 29.8 Å². The van der Waals surface area contributed by atoms with Gasteiger partial charge in [-0.25, -0.2) is 0 Å². The molecule has 2 aliphatic heterocycles. The van der Waals surface area contributed by atoms with Crippen LogP contribution in [0.3, 0.4) is 0 Å². The molecule has 2 bridgehead atoms. The molecule has 0 unspecified atom stereocenters. The molecule has 2 heterocycles. The molecule has 4 aliphatic rings. The summed E-state index contributed by atoms with van der Waals surface area (Å²) in [5.74, 6) is 0.636. The van der Waals surface area contributed by atoms with Gasteiger partial charge < -0.3 is 9.84 Å². The lowest BCUT2D eigenvalue weighted by molar-refractivity contribution is -0.133. The number of rotatable bonds is 2. The molecule has 5 rings (SSSR count). The summed E-state index contributed by atoms with van der Waals surface area (Å²) in [7, 11) is 0. The summed E-state index contributed by atoms with van der Waals surface area (Å²) < 4.78 is 6.37. The Morgan fingerprint density at radius 1 is 1.36 bits per heavy atom. The van der Waals surface area contributed by atoms with E-state index >= 15 is 0 Å². The third-order valence-corrected chi connectivity index (χ3v) is 6.64. The summed E-state index contributed by atoms with van der Waals surface area (Å²) in [6, 6.07) is 7.39. The van der Waals surface area contributed by atoms with Crippen molar-refractivity contribution in [3.8, 4) is 0 Å². The molecule has 2 saturated carbocycles. The lowest BCUT2D eigenvalue weighted by Crippen LogP contribution is -2.50. The van der Waals surface area contributed by atoms with Crippen LogP contribution >= 0.6 is 11.6 Å². The molecule has 22 heavy (non-hydrogen) atoms. The van der Waals surface area contributed by atoms with E-state index in [0.717, 1.165) is 18.5 Å². The minimum Gasteiger partial charge on any atom is -0.390 e. The van der Waals surface area contributed by atoms with Crippen molar-refractivity contribution in [3.63, 3.8) is 0 Å². The van der Waals surface area contributed by atoms with Gasteiger partial charge in [0, 0.05) is 16.6 Å². The molecule has 0 aromatic heterocycles. The van der Waals surface area contributed by atoms with Gasteiger partial charge in [-0.05, 0) is 48.9 Å². The number of amides is 1. The average molecular weight is 320 g/mol. The highest BCUT2D eigenvalue weighted by Crippen LogP contribution is 2.68. The lowest BCUT2D eigenvalue weighted by Gasteiger charge is -2.38. The zero-order valence-corrected chi connectivity index (χ0v) is 13.0. The fourth-order valence-corrected chi connectivity index (χ4v) is 5.83.